The van der Waals surface area contributed by atoms with Crippen LogP contribution < -0.4 is 0 Å². The van der Waals surface area contributed by atoms with Gasteiger partial charge in [0.05, 0.1) is 6.61 Å². The van der Waals surface area contributed by atoms with Crippen LogP contribution in [0.3, 0.4) is 0 Å². The lowest BCUT2D eigenvalue weighted by atomic mass is 10.2. The molecule has 0 spiro atoms. The van der Waals surface area contributed by atoms with Crippen LogP contribution >= 0.6 is 0 Å². The van der Waals surface area contributed by atoms with Gasteiger partial charge < -0.3 is 5.11 Å². The van der Waals surface area contributed by atoms with Crippen LogP contribution in [0.4, 0.5) is 0 Å². The molecule has 1 heteroatoms. The van der Waals surface area contributed by atoms with Gasteiger partial charge in [-0.05, 0) is 25.7 Å². The maximum Gasteiger partial charge on any atom is 0.0612 e. The Labute approximate surface area is 93.5 Å². The third-order valence-corrected chi connectivity index (χ3v) is 1.85. The first-order chi connectivity index (χ1) is 7.41. The van der Waals surface area contributed by atoms with Crippen molar-refractivity contribution >= 4 is 0 Å². The standard InChI is InChI=1S/C14H22O/c1-2-3-4-5-6-7-8-9-10-11-12-13-14-15/h3-8,12-13,15H,2,9-11,14H2,1H3/b4-3+,6-5+,8-7+,13-12+. The second kappa shape index (κ2) is 12.9. The van der Waals surface area contributed by atoms with Crippen LogP contribution in [0, 0.1) is 0 Å². The SMILES string of the molecule is CC/C=C/C=C/C=C/CCC/C=C/CO. The summed E-state index contributed by atoms with van der Waals surface area (Å²) in [7, 11) is 0. The third-order valence-electron chi connectivity index (χ3n) is 1.85. The van der Waals surface area contributed by atoms with E-state index in [9.17, 15) is 0 Å². The highest BCUT2D eigenvalue weighted by atomic mass is 16.2. The molecule has 0 radical (unpaired) electrons. The molecule has 0 saturated carbocycles. The van der Waals surface area contributed by atoms with Crippen LogP contribution in [-0.4, -0.2) is 11.7 Å². The zero-order chi connectivity index (χ0) is 11.2. The molecular formula is C14H22O. The molecular weight excluding hydrogens is 184 g/mol. The zero-order valence-electron chi connectivity index (χ0n) is 9.60. The van der Waals surface area contributed by atoms with Crippen molar-refractivity contribution in [3.05, 3.63) is 48.6 Å². The van der Waals surface area contributed by atoms with Gasteiger partial charge in [0.15, 0.2) is 0 Å². The van der Waals surface area contributed by atoms with Gasteiger partial charge in [-0.15, -0.1) is 0 Å². The van der Waals surface area contributed by atoms with E-state index in [4.69, 9.17) is 5.11 Å². The van der Waals surface area contributed by atoms with Crippen molar-refractivity contribution in [1.29, 1.82) is 0 Å². The fraction of sp³-hybridized carbons (Fsp3) is 0.429. The van der Waals surface area contributed by atoms with E-state index in [-0.39, 0.29) is 6.61 Å². The molecule has 0 amide bonds. The Bertz CT molecular complexity index is 221. The number of unbranched alkanes of at least 4 members (excludes halogenated alkanes) is 2. The molecule has 1 N–H and O–H groups in total. The molecule has 0 aromatic rings. The summed E-state index contributed by atoms with van der Waals surface area (Å²) in [5.74, 6) is 0. The second-order valence-electron chi connectivity index (χ2n) is 3.23. The van der Waals surface area contributed by atoms with Crippen LogP contribution in [0.25, 0.3) is 0 Å². The molecule has 1 nitrogen and oxygen atoms in total. The van der Waals surface area contributed by atoms with Gasteiger partial charge in [0.1, 0.15) is 0 Å². The Kier molecular flexibility index (Phi) is 12.0. The van der Waals surface area contributed by atoms with E-state index in [0.717, 1.165) is 25.7 Å². The summed E-state index contributed by atoms with van der Waals surface area (Å²) in [6.45, 7) is 2.28. The van der Waals surface area contributed by atoms with Crippen molar-refractivity contribution in [3.63, 3.8) is 0 Å². The predicted octanol–water partition coefficient (Wildman–Crippen LogP) is 3.78. The third kappa shape index (κ3) is 12.9. The van der Waals surface area contributed by atoms with Crippen LogP contribution in [-0.2, 0) is 0 Å². The molecule has 0 atom stereocenters. The van der Waals surface area contributed by atoms with Gasteiger partial charge >= 0.3 is 0 Å². The van der Waals surface area contributed by atoms with Crippen LogP contribution in [0.2, 0.25) is 0 Å². The molecule has 0 heterocycles. The van der Waals surface area contributed by atoms with E-state index in [1.54, 1.807) is 6.08 Å². The molecule has 0 aromatic heterocycles. The summed E-state index contributed by atoms with van der Waals surface area (Å²) in [5, 5.41) is 8.49. The number of hydrogen-bond donors (Lipinski definition) is 1. The van der Waals surface area contributed by atoms with Crippen LogP contribution in [0.1, 0.15) is 32.6 Å². The van der Waals surface area contributed by atoms with Gasteiger partial charge in [0.25, 0.3) is 0 Å². The van der Waals surface area contributed by atoms with E-state index in [2.05, 4.69) is 37.3 Å². The quantitative estimate of drug-likeness (QED) is 0.364. The average Bonchev–Trinajstić information content (AvgIpc) is 2.26. The number of allylic oxidation sites excluding steroid dienone is 7. The van der Waals surface area contributed by atoms with Gasteiger partial charge in [-0.1, -0.05) is 55.5 Å². The van der Waals surface area contributed by atoms with E-state index < -0.39 is 0 Å². The molecule has 84 valence electrons. The number of hydrogen-bond acceptors (Lipinski definition) is 1. The minimum Gasteiger partial charge on any atom is -0.392 e. The minimum atomic E-state index is 0.155. The highest BCUT2D eigenvalue weighted by Crippen LogP contribution is 1.97. The van der Waals surface area contributed by atoms with Crippen molar-refractivity contribution < 1.29 is 5.11 Å². The smallest absolute Gasteiger partial charge is 0.0612 e. The Morgan fingerprint density at radius 1 is 0.800 bits per heavy atom. The molecule has 15 heavy (non-hydrogen) atoms. The number of aliphatic hydroxyl groups excluding tert-OH is 1. The number of rotatable bonds is 8. The van der Waals surface area contributed by atoms with E-state index >= 15 is 0 Å². The monoisotopic (exact) mass is 206 g/mol. The molecule has 0 aromatic carbocycles. The molecule has 0 bridgehead atoms. The summed E-state index contributed by atoms with van der Waals surface area (Å²) >= 11 is 0. The Morgan fingerprint density at radius 3 is 2.13 bits per heavy atom. The highest BCUT2D eigenvalue weighted by Gasteiger charge is 1.78. The average molecular weight is 206 g/mol. The van der Waals surface area contributed by atoms with E-state index in [1.807, 2.05) is 12.2 Å². The lowest BCUT2D eigenvalue weighted by Gasteiger charge is -1.88. The summed E-state index contributed by atoms with van der Waals surface area (Å²) in [6, 6.07) is 0. The molecule has 0 aliphatic carbocycles. The second-order valence-corrected chi connectivity index (χ2v) is 3.23. The number of aliphatic hydroxyl groups is 1. The Hall–Kier alpha value is -1.08. The van der Waals surface area contributed by atoms with Gasteiger partial charge in [-0.2, -0.15) is 0 Å². The van der Waals surface area contributed by atoms with E-state index in [0.29, 0.717) is 0 Å². The molecule has 0 aliphatic rings. The fourth-order valence-electron chi connectivity index (χ4n) is 1.06. The first-order valence-corrected chi connectivity index (χ1v) is 5.66. The lowest BCUT2D eigenvalue weighted by Crippen LogP contribution is -1.72. The fourth-order valence-corrected chi connectivity index (χ4v) is 1.06. The molecule has 0 aliphatic heterocycles. The van der Waals surface area contributed by atoms with Gasteiger partial charge in [0, 0.05) is 0 Å². The predicted molar refractivity (Wildman–Crippen MR) is 67.8 cm³/mol. The largest absolute Gasteiger partial charge is 0.392 e. The normalized spacial score (nSPS) is 12.9. The first-order valence-electron chi connectivity index (χ1n) is 5.66. The Morgan fingerprint density at radius 2 is 1.47 bits per heavy atom. The van der Waals surface area contributed by atoms with Crippen LogP contribution in [0.5, 0.6) is 0 Å². The zero-order valence-corrected chi connectivity index (χ0v) is 9.60. The highest BCUT2D eigenvalue weighted by molar-refractivity contribution is 5.10. The van der Waals surface area contributed by atoms with Gasteiger partial charge in [0.2, 0.25) is 0 Å². The maximum absolute atomic E-state index is 8.49. The van der Waals surface area contributed by atoms with Crippen molar-refractivity contribution in [2.75, 3.05) is 6.61 Å². The topological polar surface area (TPSA) is 20.2 Å². The maximum atomic E-state index is 8.49. The lowest BCUT2D eigenvalue weighted by molar-refractivity contribution is 0.342. The summed E-state index contributed by atoms with van der Waals surface area (Å²) in [5.41, 5.74) is 0. The molecule has 0 unspecified atom stereocenters. The van der Waals surface area contributed by atoms with Crippen molar-refractivity contribution in [2.45, 2.75) is 32.6 Å². The van der Waals surface area contributed by atoms with Crippen molar-refractivity contribution in [2.24, 2.45) is 0 Å². The summed E-state index contributed by atoms with van der Waals surface area (Å²) in [6.07, 6.45) is 20.7. The summed E-state index contributed by atoms with van der Waals surface area (Å²) < 4.78 is 0. The van der Waals surface area contributed by atoms with E-state index in [1.165, 1.54) is 0 Å². The Balaban J connectivity index is 3.35. The molecule has 0 fully saturated rings. The van der Waals surface area contributed by atoms with Crippen molar-refractivity contribution in [3.8, 4) is 0 Å². The van der Waals surface area contributed by atoms with Crippen molar-refractivity contribution in [1.82, 2.24) is 0 Å². The molecule has 0 saturated heterocycles. The molecule has 0 rings (SSSR count). The van der Waals surface area contributed by atoms with Gasteiger partial charge in [-0.3, -0.25) is 0 Å². The summed E-state index contributed by atoms with van der Waals surface area (Å²) in [4.78, 5) is 0. The minimum absolute atomic E-state index is 0.155. The first kappa shape index (κ1) is 13.9. The van der Waals surface area contributed by atoms with Crippen LogP contribution in [0.15, 0.2) is 48.6 Å². The van der Waals surface area contributed by atoms with Gasteiger partial charge in [-0.25, -0.2) is 0 Å².